The summed E-state index contributed by atoms with van der Waals surface area (Å²) in [6.45, 7) is 4.45. The summed E-state index contributed by atoms with van der Waals surface area (Å²) in [5.41, 5.74) is 0. The van der Waals surface area contributed by atoms with Gasteiger partial charge in [0.05, 0.1) is 6.04 Å². The third-order valence-electron chi connectivity index (χ3n) is 5.30. The Hall–Kier alpha value is -0.420. The van der Waals surface area contributed by atoms with Crippen molar-refractivity contribution in [2.24, 2.45) is 0 Å². The summed E-state index contributed by atoms with van der Waals surface area (Å²) in [7, 11) is 0. The molecule has 2 aliphatic heterocycles. The van der Waals surface area contributed by atoms with E-state index in [2.05, 4.69) is 15.1 Å². The number of carbonyl (C=O) groups excluding carboxylic acids is 1. The van der Waals surface area contributed by atoms with Crippen LogP contribution in [0.2, 0.25) is 0 Å². The average Bonchev–Trinajstić information content (AvgIpc) is 2.93. The van der Waals surface area contributed by atoms with Crippen molar-refractivity contribution in [3.8, 4) is 0 Å². The zero-order chi connectivity index (χ0) is 15.2. The second-order valence-electron chi connectivity index (χ2n) is 7.07. The first-order chi connectivity index (χ1) is 10.8. The van der Waals surface area contributed by atoms with Gasteiger partial charge in [-0.3, -0.25) is 0 Å². The van der Waals surface area contributed by atoms with Crippen LogP contribution in [0, 0.1) is 0 Å². The molecule has 2 saturated heterocycles. The minimum Gasteiger partial charge on any atom is -0.335 e. The van der Waals surface area contributed by atoms with Crippen LogP contribution >= 0.6 is 11.8 Å². The number of nitrogens with one attached hydrogen (secondary N) is 1. The summed E-state index contributed by atoms with van der Waals surface area (Å²) in [5, 5.41) is 3.33. The van der Waals surface area contributed by atoms with Crippen LogP contribution in [0.25, 0.3) is 0 Å². The number of urea groups is 1. The van der Waals surface area contributed by atoms with E-state index in [1.54, 1.807) is 0 Å². The highest BCUT2D eigenvalue weighted by molar-refractivity contribution is 7.99. The number of nitrogens with zero attached hydrogens (tertiary/aromatic N) is 2. The molecule has 3 fully saturated rings. The van der Waals surface area contributed by atoms with Gasteiger partial charge in [-0.1, -0.05) is 19.3 Å². The average molecular weight is 326 g/mol. The molecule has 1 atom stereocenters. The third kappa shape index (κ3) is 4.54. The molecule has 0 aromatic heterocycles. The van der Waals surface area contributed by atoms with Crippen molar-refractivity contribution >= 4 is 17.8 Å². The minimum atomic E-state index is 0.207. The molecule has 5 heteroatoms. The summed E-state index contributed by atoms with van der Waals surface area (Å²) in [5.74, 6) is 2.30. The molecule has 0 bridgehead atoms. The first-order valence-corrected chi connectivity index (χ1v) is 10.4. The lowest BCUT2D eigenvalue weighted by Gasteiger charge is -2.34. The molecule has 0 unspecified atom stereocenters. The summed E-state index contributed by atoms with van der Waals surface area (Å²) in [6.07, 6.45) is 10.0. The van der Waals surface area contributed by atoms with E-state index in [0.717, 1.165) is 25.3 Å². The van der Waals surface area contributed by atoms with Crippen LogP contribution < -0.4 is 5.32 Å². The number of thioether (sulfide) groups is 1. The van der Waals surface area contributed by atoms with E-state index in [4.69, 9.17) is 0 Å². The Morgan fingerprint density at radius 3 is 2.55 bits per heavy atom. The molecule has 22 heavy (non-hydrogen) atoms. The predicted molar refractivity (Wildman–Crippen MR) is 93.5 cm³/mol. The van der Waals surface area contributed by atoms with Gasteiger partial charge in [0.2, 0.25) is 0 Å². The van der Waals surface area contributed by atoms with Crippen LogP contribution in [-0.4, -0.2) is 65.6 Å². The van der Waals surface area contributed by atoms with Gasteiger partial charge in [0.15, 0.2) is 0 Å². The van der Waals surface area contributed by atoms with E-state index in [9.17, 15) is 4.79 Å². The number of rotatable bonds is 3. The maximum Gasteiger partial charge on any atom is 0.317 e. The van der Waals surface area contributed by atoms with Crippen molar-refractivity contribution in [1.29, 1.82) is 0 Å². The molecule has 0 aromatic carbocycles. The molecule has 3 rings (SSSR count). The standard InChI is InChI=1S/C17H31N3OS/c21-17(18-15-7-2-1-3-8-15)20-11-6-12-22-14-16(20)13-19-9-4-5-10-19/h15-16H,1-14H2,(H,18,21)/t16-/m1/s1. The van der Waals surface area contributed by atoms with E-state index in [-0.39, 0.29) is 6.03 Å². The molecule has 1 N–H and O–H groups in total. The highest BCUT2D eigenvalue weighted by Crippen LogP contribution is 2.21. The number of hydrogen-bond donors (Lipinski definition) is 1. The van der Waals surface area contributed by atoms with Crippen LogP contribution in [-0.2, 0) is 0 Å². The monoisotopic (exact) mass is 325 g/mol. The topological polar surface area (TPSA) is 35.6 Å². The number of hydrogen-bond acceptors (Lipinski definition) is 3. The number of likely N-dealkylation sites (tertiary alicyclic amines) is 1. The predicted octanol–water partition coefficient (Wildman–Crippen LogP) is 2.93. The Labute approximate surface area is 139 Å². The van der Waals surface area contributed by atoms with Gasteiger partial charge in [-0.25, -0.2) is 4.79 Å². The van der Waals surface area contributed by atoms with Gasteiger partial charge in [0, 0.05) is 24.9 Å². The fourth-order valence-electron chi connectivity index (χ4n) is 4.02. The van der Waals surface area contributed by atoms with Crippen molar-refractivity contribution < 1.29 is 4.79 Å². The lowest BCUT2D eigenvalue weighted by atomic mass is 9.96. The third-order valence-corrected chi connectivity index (χ3v) is 6.50. The Bertz CT molecular complexity index is 354. The summed E-state index contributed by atoms with van der Waals surface area (Å²) < 4.78 is 0. The van der Waals surface area contributed by atoms with Crippen LogP contribution in [0.15, 0.2) is 0 Å². The first kappa shape index (κ1) is 16.4. The molecular formula is C17H31N3OS. The lowest BCUT2D eigenvalue weighted by Crippen LogP contribution is -2.53. The van der Waals surface area contributed by atoms with Crippen LogP contribution in [0.1, 0.15) is 51.4 Å². The van der Waals surface area contributed by atoms with Gasteiger partial charge in [0.25, 0.3) is 0 Å². The van der Waals surface area contributed by atoms with Gasteiger partial charge < -0.3 is 15.1 Å². The van der Waals surface area contributed by atoms with E-state index < -0.39 is 0 Å². The zero-order valence-electron chi connectivity index (χ0n) is 13.8. The van der Waals surface area contributed by atoms with Crippen LogP contribution in [0.5, 0.6) is 0 Å². The lowest BCUT2D eigenvalue weighted by molar-refractivity contribution is 0.156. The molecule has 0 aromatic rings. The van der Waals surface area contributed by atoms with Crippen molar-refractivity contribution in [1.82, 2.24) is 15.1 Å². The van der Waals surface area contributed by atoms with Gasteiger partial charge in [-0.15, -0.1) is 0 Å². The molecule has 4 nitrogen and oxygen atoms in total. The van der Waals surface area contributed by atoms with Crippen molar-refractivity contribution in [3.05, 3.63) is 0 Å². The Morgan fingerprint density at radius 1 is 1.00 bits per heavy atom. The minimum absolute atomic E-state index is 0.207. The first-order valence-electron chi connectivity index (χ1n) is 9.20. The largest absolute Gasteiger partial charge is 0.335 e. The maximum atomic E-state index is 12.8. The van der Waals surface area contributed by atoms with Crippen LogP contribution in [0.4, 0.5) is 4.79 Å². The maximum absolute atomic E-state index is 12.8. The highest BCUT2D eigenvalue weighted by Gasteiger charge is 2.29. The molecule has 0 radical (unpaired) electrons. The summed E-state index contributed by atoms with van der Waals surface area (Å²) in [4.78, 5) is 17.5. The molecule has 3 aliphatic rings. The van der Waals surface area contributed by atoms with E-state index >= 15 is 0 Å². The smallest absolute Gasteiger partial charge is 0.317 e. The Kier molecular flexibility index (Phi) is 6.30. The van der Waals surface area contributed by atoms with Gasteiger partial charge in [-0.05, 0) is 50.9 Å². The van der Waals surface area contributed by atoms with E-state index in [1.807, 2.05) is 11.8 Å². The van der Waals surface area contributed by atoms with Gasteiger partial charge in [0.1, 0.15) is 0 Å². The number of amides is 2. The molecule has 126 valence electrons. The SMILES string of the molecule is O=C(NC1CCCCC1)N1CCCSC[C@H]1CN1CCCC1. The number of carbonyl (C=O) groups is 1. The van der Waals surface area contributed by atoms with Crippen molar-refractivity contribution in [2.75, 3.05) is 37.7 Å². The van der Waals surface area contributed by atoms with Gasteiger partial charge >= 0.3 is 6.03 Å². The Morgan fingerprint density at radius 2 is 1.77 bits per heavy atom. The van der Waals surface area contributed by atoms with E-state index in [0.29, 0.717) is 12.1 Å². The highest BCUT2D eigenvalue weighted by atomic mass is 32.2. The molecule has 1 aliphatic carbocycles. The van der Waals surface area contributed by atoms with Gasteiger partial charge in [-0.2, -0.15) is 11.8 Å². The molecule has 1 saturated carbocycles. The quantitative estimate of drug-likeness (QED) is 0.866. The summed E-state index contributed by atoms with van der Waals surface area (Å²) in [6, 6.07) is 1.03. The normalized spacial score (nSPS) is 28.5. The van der Waals surface area contributed by atoms with Crippen LogP contribution in [0.3, 0.4) is 0 Å². The molecule has 0 spiro atoms. The second kappa shape index (κ2) is 8.44. The fourth-order valence-corrected chi connectivity index (χ4v) is 5.07. The molecule has 2 heterocycles. The summed E-state index contributed by atoms with van der Waals surface area (Å²) >= 11 is 2.03. The van der Waals surface area contributed by atoms with Crippen molar-refractivity contribution in [2.45, 2.75) is 63.5 Å². The van der Waals surface area contributed by atoms with Crippen molar-refractivity contribution in [3.63, 3.8) is 0 Å². The Balaban J connectivity index is 1.57. The zero-order valence-corrected chi connectivity index (χ0v) is 14.6. The molecular weight excluding hydrogens is 294 g/mol. The second-order valence-corrected chi connectivity index (χ2v) is 8.22. The molecule has 2 amide bonds. The van der Waals surface area contributed by atoms with E-state index in [1.165, 1.54) is 63.8 Å². The fraction of sp³-hybridized carbons (Fsp3) is 0.941.